The van der Waals surface area contributed by atoms with Gasteiger partial charge in [0, 0.05) is 11.9 Å². The van der Waals surface area contributed by atoms with Crippen LogP contribution in [0.2, 0.25) is 0 Å². The van der Waals surface area contributed by atoms with Gasteiger partial charge in [-0.2, -0.15) is 5.26 Å². The van der Waals surface area contributed by atoms with E-state index in [2.05, 4.69) is 16.4 Å². The number of nitrogens with zero attached hydrogens (tertiary/aromatic N) is 2. The molecule has 0 bridgehead atoms. The highest BCUT2D eigenvalue weighted by Gasteiger charge is 2.20. The number of rotatable bonds is 3. The van der Waals surface area contributed by atoms with Gasteiger partial charge in [0.2, 0.25) is 0 Å². The van der Waals surface area contributed by atoms with Crippen LogP contribution in [-0.4, -0.2) is 11.5 Å². The standard InChI is InChI=1S/C14H13N3/c15-8-11-7-14(16-9-10-5-6-10)17-13-4-2-1-3-12(11)13/h1-4,7,10H,5-6,9H2,(H,16,17). The predicted octanol–water partition coefficient (Wildman–Crippen LogP) is 2.93. The molecule has 3 rings (SSSR count). The Morgan fingerprint density at radius 2 is 2.18 bits per heavy atom. The number of nitrogens with one attached hydrogen (secondary N) is 1. The molecule has 1 N–H and O–H groups in total. The molecular weight excluding hydrogens is 210 g/mol. The van der Waals surface area contributed by atoms with Crippen molar-refractivity contribution in [1.29, 1.82) is 5.26 Å². The maximum Gasteiger partial charge on any atom is 0.127 e. The average molecular weight is 223 g/mol. The third-order valence-corrected chi connectivity index (χ3v) is 3.11. The molecule has 3 heteroatoms. The lowest BCUT2D eigenvalue weighted by Crippen LogP contribution is -2.05. The molecule has 0 spiro atoms. The quantitative estimate of drug-likeness (QED) is 0.870. The van der Waals surface area contributed by atoms with Crippen LogP contribution in [0.15, 0.2) is 30.3 Å². The van der Waals surface area contributed by atoms with Gasteiger partial charge in [-0.15, -0.1) is 0 Å². The van der Waals surface area contributed by atoms with E-state index in [1.807, 2.05) is 30.3 Å². The minimum Gasteiger partial charge on any atom is -0.370 e. The third-order valence-electron chi connectivity index (χ3n) is 3.11. The summed E-state index contributed by atoms with van der Waals surface area (Å²) < 4.78 is 0. The fourth-order valence-electron chi connectivity index (χ4n) is 1.93. The summed E-state index contributed by atoms with van der Waals surface area (Å²) >= 11 is 0. The molecule has 0 aliphatic heterocycles. The van der Waals surface area contributed by atoms with Crippen LogP contribution in [0.5, 0.6) is 0 Å². The van der Waals surface area contributed by atoms with Gasteiger partial charge in [-0.25, -0.2) is 4.98 Å². The summed E-state index contributed by atoms with van der Waals surface area (Å²) in [5, 5.41) is 13.4. The van der Waals surface area contributed by atoms with E-state index in [9.17, 15) is 0 Å². The minimum atomic E-state index is 0.689. The Hall–Kier alpha value is -2.08. The van der Waals surface area contributed by atoms with Crippen LogP contribution in [0, 0.1) is 17.2 Å². The number of hydrogen-bond donors (Lipinski definition) is 1. The van der Waals surface area contributed by atoms with Gasteiger partial charge in [0.25, 0.3) is 0 Å². The van der Waals surface area contributed by atoms with Gasteiger partial charge in [0.05, 0.1) is 17.1 Å². The smallest absolute Gasteiger partial charge is 0.127 e. The number of aromatic nitrogens is 1. The molecule has 2 aromatic rings. The Bertz CT molecular complexity index is 594. The fraction of sp³-hybridized carbons (Fsp3) is 0.286. The summed E-state index contributed by atoms with van der Waals surface area (Å²) in [4.78, 5) is 4.52. The first-order valence-electron chi connectivity index (χ1n) is 5.90. The van der Waals surface area contributed by atoms with Crippen molar-refractivity contribution in [2.45, 2.75) is 12.8 Å². The molecule has 84 valence electrons. The van der Waals surface area contributed by atoms with Crippen molar-refractivity contribution < 1.29 is 0 Å². The van der Waals surface area contributed by atoms with E-state index < -0.39 is 0 Å². The van der Waals surface area contributed by atoms with Gasteiger partial charge in [0.1, 0.15) is 5.82 Å². The number of nitriles is 1. The molecule has 1 saturated carbocycles. The van der Waals surface area contributed by atoms with Crippen LogP contribution >= 0.6 is 0 Å². The van der Waals surface area contributed by atoms with Crippen molar-refractivity contribution >= 4 is 16.7 Å². The van der Waals surface area contributed by atoms with Crippen LogP contribution in [0.25, 0.3) is 10.9 Å². The van der Waals surface area contributed by atoms with Gasteiger partial charge in [-0.3, -0.25) is 0 Å². The number of para-hydroxylation sites is 1. The van der Waals surface area contributed by atoms with Crippen molar-refractivity contribution in [2.75, 3.05) is 11.9 Å². The highest BCUT2D eigenvalue weighted by atomic mass is 15.0. The molecule has 1 aromatic carbocycles. The normalized spacial score (nSPS) is 14.5. The summed E-state index contributed by atoms with van der Waals surface area (Å²) in [5.74, 6) is 1.61. The first-order valence-corrected chi connectivity index (χ1v) is 5.90. The number of fused-ring (bicyclic) bond motifs is 1. The summed E-state index contributed by atoms with van der Waals surface area (Å²) in [5.41, 5.74) is 1.57. The van der Waals surface area contributed by atoms with E-state index >= 15 is 0 Å². The largest absolute Gasteiger partial charge is 0.370 e. The molecule has 1 heterocycles. The van der Waals surface area contributed by atoms with Crippen LogP contribution < -0.4 is 5.32 Å². The second kappa shape index (κ2) is 4.06. The van der Waals surface area contributed by atoms with E-state index in [1.165, 1.54) is 12.8 Å². The molecule has 17 heavy (non-hydrogen) atoms. The van der Waals surface area contributed by atoms with Crippen molar-refractivity contribution in [1.82, 2.24) is 4.98 Å². The summed E-state index contributed by atoms with van der Waals surface area (Å²) in [6.45, 7) is 0.968. The van der Waals surface area contributed by atoms with E-state index in [4.69, 9.17) is 5.26 Å². The predicted molar refractivity (Wildman–Crippen MR) is 67.7 cm³/mol. The Morgan fingerprint density at radius 1 is 1.35 bits per heavy atom. The second-order valence-electron chi connectivity index (χ2n) is 4.51. The molecular formula is C14H13N3. The first kappa shape index (κ1) is 10.1. The van der Waals surface area contributed by atoms with Crippen LogP contribution in [-0.2, 0) is 0 Å². The highest BCUT2D eigenvalue weighted by Crippen LogP contribution is 2.29. The van der Waals surface area contributed by atoms with Crippen molar-refractivity contribution in [2.24, 2.45) is 5.92 Å². The van der Waals surface area contributed by atoms with E-state index in [-0.39, 0.29) is 0 Å². The number of hydrogen-bond acceptors (Lipinski definition) is 3. The molecule has 0 atom stereocenters. The molecule has 1 aromatic heterocycles. The van der Waals surface area contributed by atoms with Crippen LogP contribution in [0.1, 0.15) is 18.4 Å². The molecule has 0 amide bonds. The lowest BCUT2D eigenvalue weighted by Gasteiger charge is -2.07. The van der Waals surface area contributed by atoms with E-state index in [1.54, 1.807) is 0 Å². The zero-order chi connectivity index (χ0) is 11.7. The number of benzene rings is 1. The Kier molecular flexibility index (Phi) is 2.41. The van der Waals surface area contributed by atoms with Gasteiger partial charge in [0.15, 0.2) is 0 Å². The molecule has 1 fully saturated rings. The lowest BCUT2D eigenvalue weighted by atomic mass is 10.1. The lowest BCUT2D eigenvalue weighted by molar-refractivity contribution is 0.884. The van der Waals surface area contributed by atoms with Crippen molar-refractivity contribution in [3.63, 3.8) is 0 Å². The molecule has 1 aliphatic carbocycles. The van der Waals surface area contributed by atoms with E-state index in [0.29, 0.717) is 5.56 Å². The van der Waals surface area contributed by atoms with Gasteiger partial charge < -0.3 is 5.32 Å². The Balaban J connectivity index is 1.98. The van der Waals surface area contributed by atoms with Crippen molar-refractivity contribution in [3.8, 4) is 6.07 Å². The summed E-state index contributed by atoms with van der Waals surface area (Å²) in [6.07, 6.45) is 2.62. The Morgan fingerprint density at radius 3 is 2.94 bits per heavy atom. The zero-order valence-electron chi connectivity index (χ0n) is 9.48. The van der Waals surface area contributed by atoms with Crippen LogP contribution in [0.4, 0.5) is 5.82 Å². The van der Waals surface area contributed by atoms with E-state index in [0.717, 1.165) is 29.2 Å². The fourth-order valence-corrected chi connectivity index (χ4v) is 1.93. The maximum absolute atomic E-state index is 9.14. The zero-order valence-corrected chi connectivity index (χ0v) is 9.48. The van der Waals surface area contributed by atoms with Crippen LogP contribution in [0.3, 0.4) is 0 Å². The topological polar surface area (TPSA) is 48.7 Å². The van der Waals surface area contributed by atoms with Gasteiger partial charge >= 0.3 is 0 Å². The average Bonchev–Trinajstić information content (AvgIpc) is 3.19. The summed E-state index contributed by atoms with van der Waals surface area (Å²) in [6, 6.07) is 11.8. The molecule has 3 nitrogen and oxygen atoms in total. The summed E-state index contributed by atoms with van der Waals surface area (Å²) in [7, 11) is 0. The molecule has 0 unspecified atom stereocenters. The van der Waals surface area contributed by atoms with Gasteiger partial charge in [-0.05, 0) is 30.9 Å². The molecule has 0 radical (unpaired) electrons. The number of anilines is 1. The second-order valence-corrected chi connectivity index (χ2v) is 4.51. The third kappa shape index (κ3) is 2.07. The monoisotopic (exact) mass is 223 g/mol. The minimum absolute atomic E-state index is 0.689. The van der Waals surface area contributed by atoms with Gasteiger partial charge in [-0.1, -0.05) is 18.2 Å². The Labute approximate surface area is 100 Å². The molecule has 0 saturated heterocycles. The maximum atomic E-state index is 9.14. The SMILES string of the molecule is N#Cc1cc(NCC2CC2)nc2ccccc12. The first-order chi connectivity index (χ1) is 8.36. The highest BCUT2D eigenvalue weighted by molar-refractivity contribution is 5.86. The van der Waals surface area contributed by atoms with Crippen molar-refractivity contribution in [3.05, 3.63) is 35.9 Å². The molecule has 1 aliphatic rings. The number of pyridine rings is 1.